The van der Waals surface area contributed by atoms with Gasteiger partial charge in [-0.05, 0) is 44.4 Å². The minimum Gasteiger partial charge on any atom is -0.492 e. The lowest BCUT2D eigenvalue weighted by atomic mass is 9.79. The maximum atomic E-state index is 12.7. The highest BCUT2D eigenvalue weighted by Gasteiger charge is 2.44. The molecule has 0 aliphatic carbocycles. The largest absolute Gasteiger partial charge is 0.492 e. The molecule has 0 bridgehead atoms. The molecule has 1 amide bonds. The summed E-state index contributed by atoms with van der Waals surface area (Å²) in [5, 5.41) is 7.12. The van der Waals surface area contributed by atoms with Crippen LogP contribution in [0.15, 0.2) is 30.3 Å². The maximum absolute atomic E-state index is 12.7. The van der Waals surface area contributed by atoms with Gasteiger partial charge in [0.25, 0.3) is 0 Å². The van der Waals surface area contributed by atoms with Gasteiger partial charge in [-0.3, -0.25) is 9.69 Å². The normalized spacial score (nSPS) is 25.5. The molecule has 2 unspecified atom stereocenters. The van der Waals surface area contributed by atoms with Gasteiger partial charge in [-0.1, -0.05) is 18.2 Å². The van der Waals surface area contributed by atoms with Gasteiger partial charge in [-0.15, -0.1) is 0 Å². The molecule has 0 aromatic heterocycles. The van der Waals surface area contributed by atoms with Crippen LogP contribution < -0.4 is 4.74 Å². The van der Waals surface area contributed by atoms with Crippen molar-refractivity contribution in [2.75, 3.05) is 52.5 Å². The second-order valence-corrected chi connectivity index (χ2v) is 8.91. The third-order valence-electron chi connectivity index (χ3n) is 6.43. The summed E-state index contributed by atoms with van der Waals surface area (Å²) in [7, 11) is 0. The number of likely N-dealkylation sites (tertiary alicyclic amines) is 2. The molecule has 1 aromatic carbocycles. The Bertz CT molecular complexity index is 786. The predicted molar refractivity (Wildman–Crippen MR) is 114 cm³/mol. The number of carbonyl (C=O) groups excluding carboxylic acids is 1. The van der Waals surface area contributed by atoms with Crippen LogP contribution in [0.3, 0.4) is 0 Å². The van der Waals surface area contributed by atoms with E-state index >= 15 is 0 Å². The van der Waals surface area contributed by atoms with Crippen molar-refractivity contribution in [2.45, 2.75) is 31.9 Å². The molecule has 2 atom stereocenters. The first kappa shape index (κ1) is 25.3. The molecule has 3 saturated heterocycles. The Morgan fingerprint density at radius 1 is 1.15 bits per heavy atom. The zero-order valence-corrected chi connectivity index (χ0v) is 18.6. The number of halogens is 3. The number of amides is 1. The number of hydrogen-bond acceptors (Lipinski definition) is 5. The Labute approximate surface area is 191 Å². The summed E-state index contributed by atoms with van der Waals surface area (Å²) >= 11 is 0. The molecule has 0 saturated carbocycles. The molecule has 33 heavy (non-hydrogen) atoms. The number of para-hydroxylation sites is 1. The van der Waals surface area contributed by atoms with Gasteiger partial charge in [0.05, 0.1) is 12.5 Å². The molecule has 0 radical (unpaired) electrons. The standard InChI is InChI=1S/C21H30N2O3.C2HF3O2/c24-20(18-7-13-25-15-18)23-11-9-21(17-23)8-4-10-22(16-21)12-14-26-19-5-2-1-3-6-19;3-2(4,5)1(6)7/h1-3,5-6,18H,4,7-17H2;(H,6,7). The van der Waals surface area contributed by atoms with Crippen molar-refractivity contribution in [3.05, 3.63) is 30.3 Å². The van der Waals surface area contributed by atoms with E-state index < -0.39 is 12.1 Å². The van der Waals surface area contributed by atoms with Crippen LogP contribution in [0.2, 0.25) is 0 Å². The van der Waals surface area contributed by atoms with Crippen molar-refractivity contribution in [1.29, 1.82) is 0 Å². The zero-order chi connectivity index (χ0) is 23.9. The molecule has 3 aliphatic rings. The molecule has 184 valence electrons. The van der Waals surface area contributed by atoms with Crippen LogP contribution in [0.5, 0.6) is 5.75 Å². The van der Waals surface area contributed by atoms with E-state index in [9.17, 15) is 18.0 Å². The first-order valence-corrected chi connectivity index (χ1v) is 11.3. The van der Waals surface area contributed by atoms with Gasteiger partial charge >= 0.3 is 12.1 Å². The van der Waals surface area contributed by atoms with E-state index in [1.807, 2.05) is 30.3 Å². The number of ether oxygens (including phenoxy) is 2. The fourth-order valence-electron chi connectivity index (χ4n) is 4.75. The Morgan fingerprint density at radius 2 is 1.88 bits per heavy atom. The SMILES string of the molecule is O=C(C1CCOC1)N1CCC2(CCCN(CCOc3ccccc3)C2)C1.O=C(O)C(F)(F)F. The molecule has 7 nitrogen and oxygen atoms in total. The van der Waals surface area contributed by atoms with Crippen molar-refractivity contribution in [2.24, 2.45) is 11.3 Å². The van der Waals surface area contributed by atoms with E-state index in [1.54, 1.807) is 0 Å². The van der Waals surface area contributed by atoms with Crippen molar-refractivity contribution < 1.29 is 37.3 Å². The average molecular weight is 473 g/mol. The number of aliphatic carboxylic acids is 1. The molecule has 3 fully saturated rings. The van der Waals surface area contributed by atoms with Crippen LogP contribution in [0.1, 0.15) is 25.7 Å². The Balaban J connectivity index is 0.000000383. The first-order chi connectivity index (χ1) is 15.7. The quantitative estimate of drug-likeness (QED) is 0.710. The molecule has 10 heteroatoms. The monoisotopic (exact) mass is 472 g/mol. The fourth-order valence-corrected chi connectivity index (χ4v) is 4.75. The number of carboxylic acids is 1. The molecular formula is C23H31F3N2O5. The molecule has 4 rings (SSSR count). The summed E-state index contributed by atoms with van der Waals surface area (Å²) in [5.74, 6) is -1.39. The molecule has 1 aromatic rings. The third kappa shape index (κ3) is 7.33. The Kier molecular flexibility index (Phi) is 8.58. The summed E-state index contributed by atoms with van der Waals surface area (Å²) < 4.78 is 43.0. The molecule has 3 heterocycles. The van der Waals surface area contributed by atoms with Gasteiger partial charge in [-0.25, -0.2) is 4.79 Å². The summed E-state index contributed by atoms with van der Waals surface area (Å²) in [6.07, 6.45) is -0.582. The molecule has 3 aliphatic heterocycles. The number of hydrogen-bond donors (Lipinski definition) is 1. The lowest BCUT2D eigenvalue weighted by Gasteiger charge is -2.40. The number of carboxylic acid groups (broad SMARTS) is 1. The van der Waals surface area contributed by atoms with E-state index in [2.05, 4.69) is 9.80 Å². The lowest BCUT2D eigenvalue weighted by Crippen LogP contribution is -2.47. The summed E-state index contributed by atoms with van der Waals surface area (Å²) in [5.41, 5.74) is 0.292. The second kappa shape index (κ2) is 11.2. The molecular weight excluding hydrogens is 441 g/mol. The highest BCUT2D eigenvalue weighted by Crippen LogP contribution is 2.39. The van der Waals surface area contributed by atoms with Crippen LogP contribution in [0, 0.1) is 11.3 Å². The summed E-state index contributed by atoms with van der Waals surface area (Å²) in [6, 6.07) is 10.0. The van der Waals surface area contributed by atoms with Crippen LogP contribution >= 0.6 is 0 Å². The average Bonchev–Trinajstić information content (AvgIpc) is 3.45. The van der Waals surface area contributed by atoms with Gasteiger partial charge in [0.2, 0.25) is 5.91 Å². The van der Waals surface area contributed by atoms with Crippen LogP contribution in [0.4, 0.5) is 13.2 Å². The second-order valence-electron chi connectivity index (χ2n) is 8.91. The van der Waals surface area contributed by atoms with Crippen LogP contribution in [-0.2, 0) is 14.3 Å². The van der Waals surface area contributed by atoms with Gasteiger partial charge < -0.3 is 19.5 Å². The van der Waals surface area contributed by atoms with Crippen molar-refractivity contribution in [3.63, 3.8) is 0 Å². The van der Waals surface area contributed by atoms with Crippen molar-refractivity contribution in [3.8, 4) is 5.75 Å². The lowest BCUT2D eigenvalue weighted by molar-refractivity contribution is -0.192. The number of alkyl halides is 3. The summed E-state index contributed by atoms with van der Waals surface area (Å²) in [4.78, 5) is 26.2. The number of benzene rings is 1. The number of piperidine rings is 1. The van der Waals surface area contributed by atoms with Gasteiger partial charge in [0.15, 0.2) is 0 Å². The van der Waals surface area contributed by atoms with Crippen LogP contribution in [-0.4, -0.2) is 85.5 Å². The van der Waals surface area contributed by atoms with E-state index in [1.165, 1.54) is 12.8 Å². The topological polar surface area (TPSA) is 79.3 Å². The third-order valence-corrected chi connectivity index (χ3v) is 6.43. The zero-order valence-electron chi connectivity index (χ0n) is 18.6. The first-order valence-electron chi connectivity index (χ1n) is 11.3. The smallest absolute Gasteiger partial charge is 0.490 e. The summed E-state index contributed by atoms with van der Waals surface area (Å²) in [6.45, 7) is 7.13. The fraction of sp³-hybridized carbons (Fsp3) is 0.652. The minimum absolute atomic E-state index is 0.101. The van der Waals surface area contributed by atoms with Crippen molar-refractivity contribution in [1.82, 2.24) is 9.80 Å². The molecule has 1 spiro atoms. The van der Waals surface area contributed by atoms with E-state index in [-0.39, 0.29) is 5.92 Å². The van der Waals surface area contributed by atoms with Crippen molar-refractivity contribution >= 4 is 11.9 Å². The number of rotatable bonds is 5. The van der Waals surface area contributed by atoms with Gasteiger partial charge in [0, 0.05) is 38.2 Å². The molecule has 1 N–H and O–H groups in total. The highest BCUT2D eigenvalue weighted by molar-refractivity contribution is 5.79. The van der Waals surface area contributed by atoms with E-state index in [0.717, 1.165) is 64.5 Å². The predicted octanol–water partition coefficient (Wildman–Crippen LogP) is 3.05. The number of carbonyl (C=O) groups is 2. The van der Waals surface area contributed by atoms with Crippen LogP contribution in [0.25, 0.3) is 0 Å². The van der Waals surface area contributed by atoms with E-state index in [4.69, 9.17) is 19.4 Å². The van der Waals surface area contributed by atoms with E-state index in [0.29, 0.717) is 17.9 Å². The Hall–Kier alpha value is -2.33. The van der Waals surface area contributed by atoms with Gasteiger partial charge in [0.1, 0.15) is 12.4 Å². The minimum atomic E-state index is -5.08. The maximum Gasteiger partial charge on any atom is 0.490 e. The Morgan fingerprint density at radius 3 is 2.52 bits per heavy atom. The highest BCUT2D eigenvalue weighted by atomic mass is 19.4. The number of nitrogens with zero attached hydrogens (tertiary/aromatic N) is 2. The van der Waals surface area contributed by atoms with Gasteiger partial charge in [-0.2, -0.15) is 13.2 Å².